The largest absolute Gasteiger partial charge is 0.366 e. The van der Waals surface area contributed by atoms with Crippen molar-refractivity contribution < 1.29 is 4.39 Å². The minimum Gasteiger partial charge on any atom is -0.366 e. The Morgan fingerprint density at radius 1 is 1.12 bits per heavy atom. The molecule has 0 aliphatic heterocycles. The predicted molar refractivity (Wildman–Crippen MR) is 90.8 cm³/mol. The summed E-state index contributed by atoms with van der Waals surface area (Å²) in [4.78, 5) is 16.0. The molecule has 0 atom stereocenters. The topological polar surface area (TPSA) is 66.5 Å². The Balaban J connectivity index is 1.71. The first-order valence-electron chi connectivity index (χ1n) is 7.52. The van der Waals surface area contributed by atoms with E-state index >= 15 is 0 Å². The van der Waals surface area contributed by atoms with E-state index in [1.165, 1.54) is 12.3 Å². The number of nitrogens with one attached hydrogen (secondary N) is 2. The molecule has 0 aliphatic rings. The number of hydrogen-bond acceptors (Lipinski definition) is 4. The second-order valence-electron chi connectivity index (χ2n) is 5.37. The molecule has 4 heterocycles. The molecule has 5 nitrogen and oxygen atoms in total. The van der Waals surface area contributed by atoms with Gasteiger partial charge in [-0.15, -0.1) is 0 Å². The van der Waals surface area contributed by atoms with Crippen molar-refractivity contribution in [2.45, 2.75) is 6.54 Å². The second kappa shape index (κ2) is 6.08. The van der Waals surface area contributed by atoms with Crippen molar-refractivity contribution in [2.24, 2.45) is 0 Å². The number of aromatic amines is 1. The molecular weight excluding hydrogens is 305 g/mol. The van der Waals surface area contributed by atoms with Crippen LogP contribution in [0, 0.1) is 5.82 Å². The van der Waals surface area contributed by atoms with Crippen LogP contribution in [0.1, 0.15) is 5.56 Å². The minimum atomic E-state index is -0.354. The summed E-state index contributed by atoms with van der Waals surface area (Å²) in [5.74, 6) is 0.364. The maximum absolute atomic E-state index is 13.1. The van der Waals surface area contributed by atoms with Gasteiger partial charge in [-0.3, -0.25) is 9.97 Å². The van der Waals surface area contributed by atoms with E-state index in [4.69, 9.17) is 0 Å². The first kappa shape index (κ1) is 14.3. The number of hydrogen-bond donors (Lipinski definition) is 2. The van der Waals surface area contributed by atoms with Crippen LogP contribution >= 0.6 is 0 Å². The van der Waals surface area contributed by atoms with E-state index in [0.717, 1.165) is 28.0 Å². The number of aromatic nitrogens is 4. The Morgan fingerprint density at radius 2 is 2.08 bits per heavy atom. The average molecular weight is 319 g/mol. The van der Waals surface area contributed by atoms with E-state index in [-0.39, 0.29) is 5.82 Å². The number of rotatable bonds is 4. The standard InChI is InChI=1S/C18H14FN5/c19-13-3-4-16(22-11-13)15-8-17(24-18-14(15)5-7-21-18)23-10-12-2-1-6-20-9-12/h1-9,11H,10H2,(H2,21,23,24). The summed E-state index contributed by atoms with van der Waals surface area (Å²) in [6.07, 6.45) is 6.60. The zero-order valence-electron chi connectivity index (χ0n) is 12.7. The van der Waals surface area contributed by atoms with Crippen LogP contribution in [0.5, 0.6) is 0 Å². The molecule has 0 aromatic carbocycles. The molecule has 0 radical (unpaired) electrons. The molecule has 0 fully saturated rings. The Hall–Kier alpha value is -3.28. The molecular formula is C18H14FN5. The summed E-state index contributed by atoms with van der Waals surface area (Å²) in [7, 11) is 0. The molecule has 0 unspecified atom stereocenters. The lowest BCUT2D eigenvalue weighted by molar-refractivity contribution is 0.622. The molecule has 0 saturated heterocycles. The first-order valence-corrected chi connectivity index (χ1v) is 7.52. The fourth-order valence-electron chi connectivity index (χ4n) is 2.57. The van der Waals surface area contributed by atoms with E-state index < -0.39 is 0 Å². The molecule has 0 amide bonds. The third-order valence-corrected chi connectivity index (χ3v) is 3.73. The van der Waals surface area contributed by atoms with Crippen LogP contribution in [-0.2, 0) is 6.54 Å². The average Bonchev–Trinajstić information content (AvgIpc) is 3.09. The van der Waals surface area contributed by atoms with Crippen molar-refractivity contribution in [2.75, 3.05) is 5.32 Å². The van der Waals surface area contributed by atoms with Gasteiger partial charge in [0.2, 0.25) is 0 Å². The highest BCUT2D eigenvalue weighted by Crippen LogP contribution is 2.28. The molecule has 0 saturated carbocycles. The summed E-state index contributed by atoms with van der Waals surface area (Å²) < 4.78 is 13.1. The number of halogens is 1. The number of anilines is 1. The quantitative estimate of drug-likeness (QED) is 0.601. The van der Waals surface area contributed by atoms with Crippen LogP contribution in [0.2, 0.25) is 0 Å². The molecule has 2 N–H and O–H groups in total. The zero-order valence-corrected chi connectivity index (χ0v) is 12.7. The summed E-state index contributed by atoms with van der Waals surface area (Å²) in [5, 5.41) is 4.24. The lowest BCUT2D eigenvalue weighted by Gasteiger charge is -2.09. The maximum Gasteiger partial charge on any atom is 0.141 e. The Bertz CT molecular complexity index is 964. The molecule has 0 spiro atoms. The van der Waals surface area contributed by atoms with Gasteiger partial charge in [-0.2, -0.15) is 0 Å². The van der Waals surface area contributed by atoms with Crippen LogP contribution in [-0.4, -0.2) is 19.9 Å². The van der Waals surface area contributed by atoms with Crippen LogP contribution in [0.25, 0.3) is 22.3 Å². The van der Waals surface area contributed by atoms with Crippen LogP contribution in [0.15, 0.2) is 61.2 Å². The van der Waals surface area contributed by atoms with Gasteiger partial charge in [-0.25, -0.2) is 9.37 Å². The summed E-state index contributed by atoms with van der Waals surface area (Å²) >= 11 is 0. The Morgan fingerprint density at radius 3 is 2.88 bits per heavy atom. The SMILES string of the molecule is Fc1ccc(-c2cc(NCc3cccnc3)nc3[nH]ccc23)nc1. The van der Waals surface area contributed by atoms with E-state index in [1.54, 1.807) is 12.3 Å². The molecule has 4 aromatic rings. The highest BCUT2D eigenvalue weighted by atomic mass is 19.1. The smallest absolute Gasteiger partial charge is 0.141 e. The lowest BCUT2D eigenvalue weighted by atomic mass is 10.1. The third kappa shape index (κ3) is 2.81. The number of H-pyrrole nitrogens is 1. The molecule has 118 valence electrons. The highest BCUT2D eigenvalue weighted by Gasteiger charge is 2.10. The van der Waals surface area contributed by atoms with E-state index in [2.05, 4.69) is 25.3 Å². The summed E-state index contributed by atoms with van der Waals surface area (Å²) in [5.41, 5.74) is 3.42. The van der Waals surface area contributed by atoms with E-state index in [9.17, 15) is 4.39 Å². The van der Waals surface area contributed by atoms with Gasteiger partial charge in [0.1, 0.15) is 17.3 Å². The van der Waals surface area contributed by atoms with Crippen molar-refractivity contribution >= 4 is 16.9 Å². The van der Waals surface area contributed by atoms with Crippen LogP contribution in [0.4, 0.5) is 10.2 Å². The molecule has 0 bridgehead atoms. The van der Waals surface area contributed by atoms with Gasteiger partial charge in [0.05, 0.1) is 11.9 Å². The van der Waals surface area contributed by atoms with Crippen LogP contribution < -0.4 is 5.32 Å². The third-order valence-electron chi connectivity index (χ3n) is 3.73. The fourth-order valence-corrected chi connectivity index (χ4v) is 2.57. The maximum atomic E-state index is 13.1. The highest BCUT2D eigenvalue weighted by molar-refractivity contribution is 5.93. The van der Waals surface area contributed by atoms with Crippen molar-refractivity contribution in [3.8, 4) is 11.3 Å². The van der Waals surface area contributed by atoms with Crippen molar-refractivity contribution in [3.63, 3.8) is 0 Å². The van der Waals surface area contributed by atoms with Crippen molar-refractivity contribution in [3.05, 3.63) is 72.6 Å². The fraction of sp³-hybridized carbons (Fsp3) is 0.0556. The molecule has 4 rings (SSSR count). The minimum absolute atomic E-state index is 0.354. The summed E-state index contributed by atoms with van der Waals surface area (Å²) in [6.45, 7) is 0.614. The molecule has 24 heavy (non-hydrogen) atoms. The zero-order chi connectivity index (χ0) is 16.4. The lowest BCUT2D eigenvalue weighted by Crippen LogP contribution is -2.02. The first-order chi connectivity index (χ1) is 11.8. The van der Waals surface area contributed by atoms with Crippen molar-refractivity contribution in [1.29, 1.82) is 0 Å². The van der Waals surface area contributed by atoms with Crippen LogP contribution in [0.3, 0.4) is 0 Å². The van der Waals surface area contributed by atoms with Crippen molar-refractivity contribution in [1.82, 2.24) is 19.9 Å². The normalized spacial score (nSPS) is 10.9. The van der Waals surface area contributed by atoms with E-state index in [0.29, 0.717) is 12.2 Å². The van der Waals surface area contributed by atoms with Gasteiger partial charge in [-0.05, 0) is 35.9 Å². The van der Waals surface area contributed by atoms with Gasteiger partial charge in [-0.1, -0.05) is 6.07 Å². The number of fused-ring (bicyclic) bond motifs is 1. The van der Waals surface area contributed by atoms with Gasteiger partial charge in [0.25, 0.3) is 0 Å². The number of nitrogens with zero attached hydrogens (tertiary/aromatic N) is 3. The summed E-state index contributed by atoms with van der Waals surface area (Å²) in [6, 6.07) is 10.8. The Labute approximate surface area is 137 Å². The Kier molecular flexibility index (Phi) is 3.63. The number of pyridine rings is 3. The van der Waals surface area contributed by atoms with Gasteiger partial charge in [0, 0.05) is 36.1 Å². The molecule has 0 aliphatic carbocycles. The molecule has 4 aromatic heterocycles. The second-order valence-corrected chi connectivity index (χ2v) is 5.37. The van der Waals surface area contributed by atoms with Gasteiger partial charge in [0.15, 0.2) is 0 Å². The van der Waals surface area contributed by atoms with E-state index in [1.807, 2.05) is 36.7 Å². The van der Waals surface area contributed by atoms with Gasteiger partial charge < -0.3 is 10.3 Å². The monoisotopic (exact) mass is 319 g/mol. The van der Waals surface area contributed by atoms with Gasteiger partial charge >= 0.3 is 0 Å². The molecule has 6 heteroatoms. The predicted octanol–water partition coefficient (Wildman–Crippen LogP) is 3.77.